The van der Waals surface area contributed by atoms with E-state index in [0.717, 1.165) is 5.41 Å². The smallest absolute Gasteiger partial charge is 0.258 e. The highest BCUT2D eigenvalue weighted by Crippen LogP contribution is 2.11. The number of nitrogens with zero attached hydrogens (tertiary/aromatic N) is 1. The zero-order chi connectivity index (χ0) is 11.8. The quantitative estimate of drug-likeness (QED) is 0.727. The molecule has 1 aromatic heterocycles. The zero-order valence-corrected chi connectivity index (χ0v) is 9.62. The average Bonchev–Trinajstić information content (AvgIpc) is 2.74. The fraction of sp³-hybridized carbons (Fsp3) is 0.286. The van der Waals surface area contributed by atoms with Crippen LogP contribution in [-0.4, -0.2) is 38.8 Å². The molecule has 0 bridgehead atoms. The van der Waals surface area contributed by atoms with Gasteiger partial charge in [0, 0.05) is 5.41 Å². The topological polar surface area (TPSA) is 109 Å². The highest BCUT2D eigenvalue weighted by molar-refractivity contribution is 7.94. The Morgan fingerprint density at radius 3 is 2.75 bits per heavy atom. The van der Waals surface area contributed by atoms with Crippen molar-refractivity contribution in [3.63, 3.8) is 0 Å². The lowest BCUT2D eigenvalue weighted by Crippen LogP contribution is -2.35. The van der Waals surface area contributed by atoms with Gasteiger partial charge in [0.25, 0.3) is 10.0 Å². The minimum Gasteiger partial charge on any atom is -0.266 e. The second kappa shape index (κ2) is 3.68. The van der Waals surface area contributed by atoms with E-state index in [1.54, 1.807) is 0 Å². The number of H-pyrrole nitrogens is 1. The second-order valence-corrected chi connectivity index (χ2v) is 6.92. The van der Waals surface area contributed by atoms with E-state index in [9.17, 15) is 16.8 Å². The van der Waals surface area contributed by atoms with Gasteiger partial charge >= 0.3 is 0 Å². The van der Waals surface area contributed by atoms with Crippen LogP contribution < -0.4 is 4.72 Å². The molecular weight excluding hydrogens is 254 g/mol. The molecule has 0 saturated carbocycles. The van der Waals surface area contributed by atoms with Crippen molar-refractivity contribution in [2.75, 3.05) is 5.75 Å². The van der Waals surface area contributed by atoms with Crippen LogP contribution in [-0.2, 0) is 19.9 Å². The molecule has 1 aromatic rings. The monoisotopic (exact) mass is 263 g/mol. The van der Waals surface area contributed by atoms with Gasteiger partial charge in [0.15, 0.2) is 14.9 Å². The Bertz CT molecular complexity index is 600. The van der Waals surface area contributed by atoms with Gasteiger partial charge in [-0.2, -0.15) is 5.10 Å². The van der Waals surface area contributed by atoms with Crippen LogP contribution in [0.2, 0.25) is 0 Å². The maximum absolute atomic E-state index is 11.6. The molecule has 1 atom stereocenters. The predicted molar refractivity (Wildman–Crippen MR) is 55.6 cm³/mol. The first-order valence-corrected chi connectivity index (χ1v) is 7.52. The van der Waals surface area contributed by atoms with E-state index in [1.807, 2.05) is 0 Å². The van der Waals surface area contributed by atoms with Gasteiger partial charge in [0.1, 0.15) is 0 Å². The van der Waals surface area contributed by atoms with Gasteiger partial charge in [0.05, 0.1) is 18.0 Å². The highest BCUT2D eigenvalue weighted by atomic mass is 32.2. The molecule has 16 heavy (non-hydrogen) atoms. The molecule has 88 valence electrons. The number of aromatic amines is 1. The average molecular weight is 263 g/mol. The predicted octanol–water partition coefficient (Wildman–Crippen LogP) is -1.00. The lowest BCUT2D eigenvalue weighted by molar-refractivity contribution is 0.571. The third-order valence-electron chi connectivity index (χ3n) is 2.00. The Hall–Kier alpha value is -1.19. The first-order chi connectivity index (χ1) is 7.39. The standard InChI is InChI=1S/C7H9N3O4S2/c11-15(12)4-2-6(5-15)10-16(13,14)7-1-3-8-9-7/h1-4,6,10H,5H2,(H,8,9). The summed E-state index contributed by atoms with van der Waals surface area (Å²) in [6.07, 6.45) is 2.61. The number of sulfonamides is 1. The zero-order valence-electron chi connectivity index (χ0n) is 7.99. The first kappa shape index (κ1) is 11.3. The Labute approximate surface area is 92.5 Å². The third kappa shape index (κ3) is 2.31. The van der Waals surface area contributed by atoms with Gasteiger partial charge in [-0.25, -0.2) is 21.6 Å². The van der Waals surface area contributed by atoms with Crippen molar-refractivity contribution in [2.24, 2.45) is 0 Å². The molecular formula is C7H9N3O4S2. The van der Waals surface area contributed by atoms with Gasteiger partial charge in [-0.15, -0.1) is 0 Å². The maximum atomic E-state index is 11.6. The van der Waals surface area contributed by atoms with Crippen molar-refractivity contribution in [1.82, 2.24) is 14.9 Å². The van der Waals surface area contributed by atoms with Gasteiger partial charge in [0.2, 0.25) is 0 Å². The summed E-state index contributed by atoms with van der Waals surface area (Å²) in [4.78, 5) is 0. The van der Waals surface area contributed by atoms with E-state index < -0.39 is 25.9 Å². The fourth-order valence-electron chi connectivity index (χ4n) is 1.30. The molecule has 1 unspecified atom stereocenters. The van der Waals surface area contributed by atoms with E-state index in [0.29, 0.717) is 0 Å². The number of hydrogen-bond acceptors (Lipinski definition) is 5. The molecule has 1 aliphatic rings. The molecule has 0 amide bonds. The number of hydrogen-bond donors (Lipinski definition) is 2. The van der Waals surface area contributed by atoms with Crippen molar-refractivity contribution in [1.29, 1.82) is 0 Å². The first-order valence-electron chi connectivity index (χ1n) is 4.32. The van der Waals surface area contributed by atoms with Crippen LogP contribution in [0.1, 0.15) is 0 Å². The normalized spacial score (nSPS) is 23.6. The summed E-state index contributed by atoms with van der Waals surface area (Å²) in [6, 6.07) is 0.563. The van der Waals surface area contributed by atoms with E-state index in [1.165, 1.54) is 18.3 Å². The molecule has 2 rings (SSSR count). The Kier molecular flexibility index (Phi) is 2.60. The maximum Gasteiger partial charge on any atom is 0.258 e. The molecule has 0 radical (unpaired) electrons. The van der Waals surface area contributed by atoms with Crippen LogP contribution in [0.5, 0.6) is 0 Å². The molecule has 1 aliphatic heterocycles. The molecule has 0 fully saturated rings. The number of aromatic nitrogens is 2. The second-order valence-electron chi connectivity index (χ2n) is 3.31. The number of rotatable bonds is 3. The third-order valence-corrected chi connectivity index (χ3v) is 4.82. The van der Waals surface area contributed by atoms with Crippen LogP contribution in [0, 0.1) is 0 Å². The summed E-state index contributed by atoms with van der Waals surface area (Å²) in [7, 11) is -7.00. The van der Waals surface area contributed by atoms with Crippen LogP contribution in [0.15, 0.2) is 28.8 Å². The van der Waals surface area contributed by atoms with Crippen LogP contribution in [0.25, 0.3) is 0 Å². The van der Waals surface area contributed by atoms with Crippen molar-refractivity contribution in [3.8, 4) is 0 Å². The Morgan fingerprint density at radius 2 is 2.25 bits per heavy atom. The minimum absolute atomic E-state index is 0.0924. The Morgan fingerprint density at radius 1 is 1.50 bits per heavy atom. The minimum atomic E-state index is -3.73. The molecule has 0 aromatic carbocycles. The Balaban J connectivity index is 2.16. The lowest BCUT2D eigenvalue weighted by atomic mass is 10.4. The van der Waals surface area contributed by atoms with Crippen LogP contribution in [0.4, 0.5) is 0 Å². The van der Waals surface area contributed by atoms with Gasteiger partial charge in [-0.05, 0) is 6.07 Å². The van der Waals surface area contributed by atoms with Crippen molar-refractivity contribution >= 4 is 19.9 Å². The molecule has 7 nitrogen and oxygen atoms in total. The molecule has 2 heterocycles. The fourth-order valence-corrected chi connectivity index (χ4v) is 3.75. The van der Waals surface area contributed by atoms with E-state index in [2.05, 4.69) is 14.9 Å². The SMILES string of the molecule is O=S1(=O)C=CC(NS(=O)(=O)c2ccn[nH]2)C1. The van der Waals surface area contributed by atoms with Crippen molar-refractivity contribution in [3.05, 3.63) is 23.7 Å². The molecule has 0 saturated heterocycles. The van der Waals surface area contributed by atoms with Crippen LogP contribution >= 0.6 is 0 Å². The summed E-state index contributed by atoms with van der Waals surface area (Å²) in [5, 5.41) is 6.72. The van der Waals surface area contributed by atoms with E-state index >= 15 is 0 Å². The van der Waals surface area contributed by atoms with Crippen LogP contribution in [0.3, 0.4) is 0 Å². The summed E-state index contributed by atoms with van der Waals surface area (Å²) in [5.41, 5.74) is 0. The lowest BCUT2D eigenvalue weighted by Gasteiger charge is -2.08. The molecule has 2 N–H and O–H groups in total. The van der Waals surface area contributed by atoms with E-state index in [4.69, 9.17) is 0 Å². The summed E-state index contributed by atoms with van der Waals surface area (Å²) in [6.45, 7) is 0. The van der Waals surface area contributed by atoms with Gasteiger partial charge < -0.3 is 0 Å². The molecule has 9 heteroatoms. The van der Waals surface area contributed by atoms with Gasteiger partial charge in [-0.3, -0.25) is 5.10 Å². The number of nitrogens with one attached hydrogen (secondary N) is 2. The highest BCUT2D eigenvalue weighted by Gasteiger charge is 2.27. The summed E-state index contributed by atoms with van der Waals surface area (Å²) >= 11 is 0. The summed E-state index contributed by atoms with van der Waals surface area (Å²) < 4.78 is 47.7. The molecule has 0 spiro atoms. The van der Waals surface area contributed by atoms with E-state index in [-0.39, 0.29) is 10.8 Å². The summed E-state index contributed by atoms with van der Waals surface area (Å²) in [5.74, 6) is -0.250. The largest absolute Gasteiger partial charge is 0.266 e. The van der Waals surface area contributed by atoms with Gasteiger partial charge in [-0.1, -0.05) is 6.08 Å². The van der Waals surface area contributed by atoms with Crippen molar-refractivity contribution < 1.29 is 16.8 Å². The number of sulfone groups is 1. The molecule has 0 aliphatic carbocycles. The van der Waals surface area contributed by atoms with Crippen molar-refractivity contribution in [2.45, 2.75) is 11.1 Å².